The Hall–Kier alpha value is -1.00. The van der Waals surface area contributed by atoms with Crippen LogP contribution < -0.4 is 0 Å². The van der Waals surface area contributed by atoms with E-state index in [2.05, 4.69) is 11.8 Å². The number of rotatable bonds is 3. The van der Waals surface area contributed by atoms with Gasteiger partial charge < -0.3 is 10.0 Å². The van der Waals surface area contributed by atoms with E-state index in [-0.39, 0.29) is 5.56 Å². The number of halogens is 2. The molecule has 0 atom stereocenters. The SMILES string of the molecule is CCCN1CCC(O)(c2ccc(F)cc2F)CC1. The van der Waals surface area contributed by atoms with E-state index in [1.807, 2.05) is 0 Å². The molecule has 2 rings (SSSR count). The lowest BCUT2D eigenvalue weighted by Gasteiger charge is -2.38. The predicted octanol–water partition coefficient (Wildman–Crippen LogP) is 2.66. The molecule has 0 unspecified atom stereocenters. The van der Waals surface area contributed by atoms with Crippen LogP contribution in [0.5, 0.6) is 0 Å². The lowest BCUT2D eigenvalue weighted by atomic mass is 9.84. The highest BCUT2D eigenvalue weighted by molar-refractivity contribution is 5.25. The lowest BCUT2D eigenvalue weighted by molar-refractivity contribution is -0.0284. The Bertz CT molecular complexity index is 414. The largest absolute Gasteiger partial charge is 0.385 e. The summed E-state index contributed by atoms with van der Waals surface area (Å²) in [6, 6.07) is 3.40. The molecule has 1 aliphatic heterocycles. The van der Waals surface area contributed by atoms with Gasteiger partial charge in [-0.1, -0.05) is 13.0 Å². The summed E-state index contributed by atoms with van der Waals surface area (Å²) >= 11 is 0. The van der Waals surface area contributed by atoms with Gasteiger partial charge >= 0.3 is 0 Å². The summed E-state index contributed by atoms with van der Waals surface area (Å²) in [4.78, 5) is 2.26. The van der Waals surface area contributed by atoms with Crippen molar-refractivity contribution in [1.29, 1.82) is 0 Å². The molecule has 0 aromatic heterocycles. The molecule has 18 heavy (non-hydrogen) atoms. The number of hydrogen-bond donors (Lipinski definition) is 1. The van der Waals surface area contributed by atoms with Crippen LogP contribution in [0.15, 0.2) is 18.2 Å². The monoisotopic (exact) mass is 255 g/mol. The fourth-order valence-corrected chi connectivity index (χ4v) is 2.60. The van der Waals surface area contributed by atoms with E-state index in [0.717, 1.165) is 32.1 Å². The van der Waals surface area contributed by atoms with Gasteiger partial charge in [-0.2, -0.15) is 0 Å². The smallest absolute Gasteiger partial charge is 0.132 e. The van der Waals surface area contributed by atoms with Crippen molar-refractivity contribution in [3.8, 4) is 0 Å². The van der Waals surface area contributed by atoms with Crippen LogP contribution in [-0.2, 0) is 5.60 Å². The highest BCUT2D eigenvalue weighted by atomic mass is 19.1. The van der Waals surface area contributed by atoms with Gasteiger partial charge in [0, 0.05) is 24.7 Å². The maximum absolute atomic E-state index is 13.7. The molecule has 1 saturated heterocycles. The number of nitrogens with zero attached hydrogens (tertiary/aromatic N) is 1. The van der Waals surface area contributed by atoms with Gasteiger partial charge in [0.05, 0.1) is 5.60 Å². The van der Waals surface area contributed by atoms with E-state index in [1.54, 1.807) is 0 Å². The Morgan fingerprint density at radius 2 is 1.94 bits per heavy atom. The van der Waals surface area contributed by atoms with Gasteiger partial charge in [0.1, 0.15) is 11.6 Å². The molecule has 4 heteroatoms. The van der Waals surface area contributed by atoms with Gasteiger partial charge in [-0.15, -0.1) is 0 Å². The summed E-state index contributed by atoms with van der Waals surface area (Å²) in [7, 11) is 0. The van der Waals surface area contributed by atoms with Crippen molar-refractivity contribution in [2.75, 3.05) is 19.6 Å². The second-order valence-electron chi connectivity index (χ2n) is 5.00. The van der Waals surface area contributed by atoms with Crippen LogP contribution in [0.25, 0.3) is 0 Å². The Morgan fingerprint density at radius 3 is 2.50 bits per heavy atom. The number of hydrogen-bond acceptors (Lipinski definition) is 2. The Kier molecular flexibility index (Phi) is 3.97. The third kappa shape index (κ3) is 2.70. The van der Waals surface area contributed by atoms with E-state index in [1.165, 1.54) is 12.1 Å². The summed E-state index contributed by atoms with van der Waals surface area (Å²) in [5.74, 6) is -1.26. The zero-order chi connectivity index (χ0) is 13.2. The van der Waals surface area contributed by atoms with E-state index in [4.69, 9.17) is 0 Å². The van der Waals surface area contributed by atoms with Crippen LogP contribution >= 0.6 is 0 Å². The Morgan fingerprint density at radius 1 is 1.28 bits per heavy atom. The van der Waals surface area contributed by atoms with E-state index in [9.17, 15) is 13.9 Å². The first-order chi connectivity index (χ1) is 8.55. The van der Waals surface area contributed by atoms with Crippen molar-refractivity contribution in [3.63, 3.8) is 0 Å². The summed E-state index contributed by atoms with van der Waals surface area (Å²) in [5, 5.41) is 10.5. The summed E-state index contributed by atoms with van der Waals surface area (Å²) in [6.07, 6.45) is 2.06. The van der Waals surface area contributed by atoms with Crippen molar-refractivity contribution in [2.45, 2.75) is 31.8 Å². The molecule has 0 spiro atoms. The number of benzene rings is 1. The number of likely N-dealkylation sites (tertiary alicyclic amines) is 1. The van der Waals surface area contributed by atoms with E-state index < -0.39 is 17.2 Å². The maximum Gasteiger partial charge on any atom is 0.132 e. The summed E-state index contributed by atoms with van der Waals surface area (Å²) in [6.45, 7) is 4.62. The zero-order valence-corrected chi connectivity index (χ0v) is 10.6. The van der Waals surface area contributed by atoms with Crippen molar-refractivity contribution >= 4 is 0 Å². The fourth-order valence-electron chi connectivity index (χ4n) is 2.60. The molecule has 1 aromatic rings. The van der Waals surface area contributed by atoms with Crippen LogP contribution in [0, 0.1) is 11.6 Å². The van der Waals surface area contributed by atoms with Crippen molar-refractivity contribution in [3.05, 3.63) is 35.4 Å². The van der Waals surface area contributed by atoms with Crippen molar-refractivity contribution in [2.24, 2.45) is 0 Å². The first-order valence-corrected chi connectivity index (χ1v) is 6.45. The molecule has 0 bridgehead atoms. The van der Waals surface area contributed by atoms with Crippen LogP contribution in [0.1, 0.15) is 31.7 Å². The summed E-state index contributed by atoms with van der Waals surface area (Å²) < 4.78 is 26.6. The highest BCUT2D eigenvalue weighted by Gasteiger charge is 2.35. The third-order valence-corrected chi connectivity index (χ3v) is 3.66. The molecule has 1 N–H and O–H groups in total. The lowest BCUT2D eigenvalue weighted by Crippen LogP contribution is -2.43. The molecule has 0 saturated carbocycles. The Balaban J connectivity index is 2.13. The van der Waals surface area contributed by atoms with Crippen molar-refractivity contribution < 1.29 is 13.9 Å². The molecule has 0 radical (unpaired) electrons. The van der Waals surface area contributed by atoms with Crippen LogP contribution in [-0.4, -0.2) is 29.6 Å². The number of piperidine rings is 1. The molecule has 2 nitrogen and oxygen atoms in total. The number of aliphatic hydroxyl groups is 1. The first-order valence-electron chi connectivity index (χ1n) is 6.45. The zero-order valence-electron chi connectivity index (χ0n) is 10.6. The third-order valence-electron chi connectivity index (χ3n) is 3.66. The molecular formula is C14H19F2NO. The fraction of sp³-hybridized carbons (Fsp3) is 0.571. The van der Waals surface area contributed by atoms with E-state index >= 15 is 0 Å². The van der Waals surface area contributed by atoms with Gasteiger partial charge in [-0.3, -0.25) is 0 Å². The van der Waals surface area contributed by atoms with Crippen LogP contribution in [0.2, 0.25) is 0 Å². The molecule has 1 aromatic carbocycles. The minimum Gasteiger partial charge on any atom is -0.385 e. The van der Waals surface area contributed by atoms with Crippen molar-refractivity contribution in [1.82, 2.24) is 4.90 Å². The second-order valence-corrected chi connectivity index (χ2v) is 5.00. The molecular weight excluding hydrogens is 236 g/mol. The van der Waals surface area contributed by atoms with Gasteiger partial charge in [0.2, 0.25) is 0 Å². The topological polar surface area (TPSA) is 23.5 Å². The molecule has 0 amide bonds. The molecule has 100 valence electrons. The molecule has 1 heterocycles. The minimum atomic E-state index is -1.15. The standard InChI is InChI=1S/C14H19F2NO/c1-2-7-17-8-5-14(18,6-9-17)12-4-3-11(15)10-13(12)16/h3-4,10,18H,2,5-9H2,1H3. The maximum atomic E-state index is 13.7. The average Bonchev–Trinajstić information content (AvgIpc) is 2.32. The normalized spacial score (nSPS) is 20.0. The van der Waals surface area contributed by atoms with Gasteiger partial charge in [0.25, 0.3) is 0 Å². The molecule has 1 fully saturated rings. The predicted molar refractivity (Wildman–Crippen MR) is 66.2 cm³/mol. The van der Waals surface area contributed by atoms with Gasteiger partial charge in [-0.05, 0) is 31.9 Å². The molecule has 1 aliphatic rings. The van der Waals surface area contributed by atoms with E-state index in [0.29, 0.717) is 12.8 Å². The molecule has 0 aliphatic carbocycles. The van der Waals surface area contributed by atoms with Gasteiger partial charge in [0.15, 0.2) is 0 Å². The Labute approximate surface area is 106 Å². The average molecular weight is 255 g/mol. The van der Waals surface area contributed by atoms with Gasteiger partial charge in [-0.25, -0.2) is 8.78 Å². The quantitative estimate of drug-likeness (QED) is 0.897. The highest BCUT2D eigenvalue weighted by Crippen LogP contribution is 2.34. The van der Waals surface area contributed by atoms with Crippen LogP contribution in [0.3, 0.4) is 0 Å². The second kappa shape index (κ2) is 5.33. The minimum absolute atomic E-state index is 0.222. The summed E-state index contributed by atoms with van der Waals surface area (Å²) in [5.41, 5.74) is -0.929. The first kappa shape index (κ1) is 13.4. The van der Waals surface area contributed by atoms with Crippen LogP contribution in [0.4, 0.5) is 8.78 Å².